The number of likely N-dealkylation sites (tertiary alicyclic amines) is 1. The number of ether oxygens (including phenoxy) is 2. The lowest BCUT2D eigenvalue weighted by atomic mass is 9.94. The average molecular weight is 454 g/mol. The van der Waals surface area contributed by atoms with Gasteiger partial charge in [-0.15, -0.1) is 0 Å². The summed E-state index contributed by atoms with van der Waals surface area (Å²) in [7, 11) is 1.46. The average Bonchev–Trinajstić information content (AvgIpc) is 3.06. The fourth-order valence-electron chi connectivity index (χ4n) is 3.80. The Morgan fingerprint density at radius 1 is 1.18 bits per heavy atom. The summed E-state index contributed by atoms with van der Waals surface area (Å²) < 4.78 is 10.7. The van der Waals surface area contributed by atoms with Crippen molar-refractivity contribution in [3.05, 3.63) is 75.3 Å². The molecule has 0 radical (unpaired) electrons. The van der Waals surface area contributed by atoms with E-state index in [1.165, 1.54) is 36.3 Å². The number of aliphatic hydroxyl groups excluding tert-OH is 1. The van der Waals surface area contributed by atoms with E-state index in [0.717, 1.165) is 0 Å². The van der Waals surface area contributed by atoms with Gasteiger partial charge in [0.2, 0.25) is 0 Å². The lowest BCUT2D eigenvalue weighted by Crippen LogP contribution is -2.31. The van der Waals surface area contributed by atoms with Crippen LogP contribution in [0.1, 0.15) is 37.4 Å². The Labute approximate surface area is 191 Å². The summed E-state index contributed by atoms with van der Waals surface area (Å²) in [5.74, 6) is -1.70. The van der Waals surface area contributed by atoms with Gasteiger partial charge in [0, 0.05) is 24.8 Å². The number of nitro benzene ring substituents is 1. The highest BCUT2D eigenvalue weighted by molar-refractivity contribution is 6.46. The molecular weight excluding hydrogens is 428 g/mol. The number of benzene rings is 2. The summed E-state index contributed by atoms with van der Waals surface area (Å²) in [5.41, 5.74) is -0.0355. The third kappa shape index (κ3) is 5.04. The molecule has 1 saturated heterocycles. The molecule has 0 aromatic heterocycles. The summed E-state index contributed by atoms with van der Waals surface area (Å²) in [6, 6.07) is 11.2. The first-order chi connectivity index (χ1) is 15.8. The van der Waals surface area contributed by atoms with Crippen LogP contribution in [-0.4, -0.2) is 53.0 Å². The largest absolute Gasteiger partial charge is 0.507 e. The standard InChI is InChI=1S/C24H26N2O7/c1-15(2)33-13-7-12-25-21(18-10-4-5-11-19(18)26(30)31)20(23(28)24(25)29)22(27)16-8-6-9-17(14-16)32-3/h4-6,8-11,14-15,21,27H,7,12-13H2,1-3H3/t21-/m0/s1. The number of aliphatic hydroxyl groups is 1. The molecule has 174 valence electrons. The topological polar surface area (TPSA) is 119 Å². The molecule has 1 atom stereocenters. The van der Waals surface area contributed by atoms with Gasteiger partial charge in [-0.25, -0.2) is 0 Å². The van der Waals surface area contributed by atoms with Crippen molar-refractivity contribution in [3.63, 3.8) is 0 Å². The highest BCUT2D eigenvalue weighted by atomic mass is 16.6. The zero-order chi connectivity index (χ0) is 24.1. The van der Waals surface area contributed by atoms with Gasteiger partial charge in [0.25, 0.3) is 17.4 Å². The van der Waals surface area contributed by atoms with Crippen LogP contribution in [0.25, 0.3) is 5.76 Å². The van der Waals surface area contributed by atoms with Crippen molar-refractivity contribution in [1.29, 1.82) is 0 Å². The summed E-state index contributed by atoms with van der Waals surface area (Å²) in [5, 5.41) is 22.8. The number of Topliss-reactive ketones (excluding diaryl/α,β-unsaturated/α-hetero) is 1. The number of methoxy groups -OCH3 is 1. The monoisotopic (exact) mass is 454 g/mol. The first-order valence-corrected chi connectivity index (χ1v) is 10.5. The van der Waals surface area contributed by atoms with Crippen LogP contribution in [0.5, 0.6) is 5.75 Å². The molecule has 1 N–H and O–H groups in total. The van der Waals surface area contributed by atoms with Crippen LogP contribution >= 0.6 is 0 Å². The van der Waals surface area contributed by atoms with E-state index in [1.807, 2.05) is 13.8 Å². The van der Waals surface area contributed by atoms with E-state index in [0.29, 0.717) is 18.8 Å². The third-order valence-electron chi connectivity index (χ3n) is 5.31. The second-order valence-corrected chi connectivity index (χ2v) is 7.81. The van der Waals surface area contributed by atoms with E-state index in [9.17, 15) is 24.8 Å². The second-order valence-electron chi connectivity index (χ2n) is 7.81. The fourth-order valence-corrected chi connectivity index (χ4v) is 3.80. The van der Waals surface area contributed by atoms with Crippen molar-refractivity contribution >= 4 is 23.1 Å². The first kappa shape index (κ1) is 23.9. The molecule has 1 heterocycles. The predicted octanol–water partition coefficient (Wildman–Crippen LogP) is 3.84. The lowest BCUT2D eigenvalue weighted by molar-refractivity contribution is -0.385. The highest BCUT2D eigenvalue weighted by Gasteiger charge is 2.47. The minimum Gasteiger partial charge on any atom is -0.507 e. The van der Waals surface area contributed by atoms with Crippen LogP contribution in [0.2, 0.25) is 0 Å². The molecule has 1 aliphatic rings. The number of hydrogen-bond acceptors (Lipinski definition) is 7. The van der Waals surface area contributed by atoms with E-state index >= 15 is 0 Å². The lowest BCUT2D eigenvalue weighted by Gasteiger charge is -2.25. The molecule has 1 amide bonds. The van der Waals surface area contributed by atoms with Gasteiger partial charge in [-0.1, -0.05) is 24.3 Å². The molecule has 0 aliphatic carbocycles. The van der Waals surface area contributed by atoms with Crippen molar-refractivity contribution in [2.45, 2.75) is 32.4 Å². The second kappa shape index (κ2) is 10.3. The number of nitrogens with zero attached hydrogens (tertiary/aromatic N) is 2. The molecule has 0 spiro atoms. The molecule has 0 bridgehead atoms. The molecule has 9 nitrogen and oxygen atoms in total. The van der Waals surface area contributed by atoms with Gasteiger partial charge in [0.1, 0.15) is 11.5 Å². The van der Waals surface area contributed by atoms with Crippen molar-refractivity contribution < 1.29 is 29.1 Å². The van der Waals surface area contributed by atoms with Crippen molar-refractivity contribution in [2.24, 2.45) is 0 Å². The third-order valence-corrected chi connectivity index (χ3v) is 5.31. The minimum absolute atomic E-state index is 0.000480. The summed E-state index contributed by atoms with van der Waals surface area (Å²) in [6.07, 6.45) is 0.418. The van der Waals surface area contributed by atoms with Crippen LogP contribution in [0, 0.1) is 10.1 Å². The van der Waals surface area contributed by atoms with Gasteiger partial charge in [0.15, 0.2) is 0 Å². The maximum absolute atomic E-state index is 13.0. The van der Waals surface area contributed by atoms with Crippen LogP contribution in [0.3, 0.4) is 0 Å². The normalized spacial score (nSPS) is 17.6. The maximum atomic E-state index is 13.0. The van der Waals surface area contributed by atoms with Crippen LogP contribution < -0.4 is 4.74 Å². The summed E-state index contributed by atoms with van der Waals surface area (Å²) in [4.78, 5) is 38.4. The highest BCUT2D eigenvalue weighted by Crippen LogP contribution is 2.42. The fraction of sp³-hybridized carbons (Fsp3) is 0.333. The van der Waals surface area contributed by atoms with Gasteiger partial charge in [-0.05, 0) is 38.5 Å². The number of nitro groups is 1. The zero-order valence-corrected chi connectivity index (χ0v) is 18.7. The predicted molar refractivity (Wildman–Crippen MR) is 121 cm³/mol. The molecule has 0 unspecified atom stereocenters. The Kier molecular flexibility index (Phi) is 7.44. The SMILES string of the molecule is COc1cccc(C(O)=C2C(=O)C(=O)N(CCCOC(C)C)[C@H]2c2ccccc2[N+](=O)[O-])c1. The molecule has 2 aromatic rings. The van der Waals surface area contributed by atoms with E-state index < -0.39 is 28.4 Å². The van der Waals surface area contributed by atoms with Crippen molar-refractivity contribution in [3.8, 4) is 5.75 Å². The number of hydrogen-bond donors (Lipinski definition) is 1. The Hall–Kier alpha value is -3.72. The number of rotatable bonds is 9. The first-order valence-electron chi connectivity index (χ1n) is 10.5. The Morgan fingerprint density at radius 2 is 1.91 bits per heavy atom. The molecule has 0 saturated carbocycles. The van der Waals surface area contributed by atoms with Crippen molar-refractivity contribution in [1.82, 2.24) is 4.90 Å². The molecule has 1 aliphatic heterocycles. The van der Waals surface area contributed by atoms with Gasteiger partial charge in [0.05, 0.1) is 35.3 Å². The number of amides is 1. The molecule has 1 fully saturated rings. The number of para-hydroxylation sites is 1. The summed E-state index contributed by atoms with van der Waals surface area (Å²) >= 11 is 0. The van der Waals surface area contributed by atoms with Gasteiger partial charge >= 0.3 is 0 Å². The van der Waals surface area contributed by atoms with Crippen molar-refractivity contribution in [2.75, 3.05) is 20.3 Å². The van der Waals surface area contributed by atoms with E-state index in [1.54, 1.807) is 24.3 Å². The number of carbonyl (C=O) groups excluding carboxylic acids is 2. The minimum atomic E-state index is -1.11. The molecular formula is C24H26N2O7. The molecule has 9 heteroatoms. The van der Waals surface area contributed by atoms with E-state index in [4.69, 9.17) is 9.47 Å². The molecule has 33 heavy (non-hydrogen) atoms. The quantitative estimate of drug-likeness (QED) is 0.153. The van der Waals surface area contributed by atoms with Gasteiger partial charge in [-0.2, -0.15) is 0 Å². The maximum Gasteiger partial charge on any atom is 0.295 e. The number of carbonyl (C=O) groups is 2. The Bertz CT molecular complexity index is 1090. The van der Waals surface area contributed by atoms with Crippen LogP contribution in [0.15, 0.2) is 54.1 Å². The molecule has 2 aromatic carbocycles. The van der Waals surface area contributed by atoms with E-state index in [2.05, 4.69) is 0 Å². The smallest absolute Gasteiger partial charge is 0.295 e. The van der Waals surface area contributed by atoms with Gasteiger partial charge in [-0.3, -0.25) is 19.7 Å². The summed E-state index contributed by atoms with van der Waals surface area (Å²) in [6.45, 7) is 4.24. The Morgan fingerprint density at radius 3 is 2.58 bits per heavy atom. The van der Waals surface area contributed by atoms with Crippen LogP contribution in [-0.2, 0) is 14.3 Å². The number of ketones is 1. The van der Waals surface area contributed by atoms with Crippen LogP contribution in [0.4, 0.5) is 5.69 Å². The Balaban J connectivity index is 2.13. The van der Waals surface area contributed by atoms with E-state index in [-0.39, 0.29) is 35.0 Å². The zero-order valence-electron chi connectivity index (χ0n) is 18.7. The van der Waals surface area contributed by atoms with Gasteiger partial charge < -0.3 is 19.5 Å². The molecule has 3 rings (SSSR count).